The van der Waals surface area contributed by atoms with E-state index in [9.17, 15) is 0 Å². The molecule has 0 bridgehead atoms. The van der Waals surface area contributed by atoms with Crippen molar-refractivity contribution >= 4 is 11.9 Å². The minimum Gasteiger partial charge on any atom is -0.411 e. The zero-order valence-electron chi connectivity index (χ0n) is 16.1. The maximum absolute atomic E-state index is 8.71. The fourth-order valence-corrected chi connectivity index (χ4v) is 2.72. The predicted octanol–water partition coefficient (Wildman–Crippen LogP) is 6.71. The van der Waals surface area contributed by atoms with E-state index in [4.69, 9.17) is 10.0 Å². The van der Waals surface area contributed by atoms with Gasteiger partial charge in [-0.15, -0.1) is 0 Å². The minimum absolute atomic E-state index is 0.660. The first-order chi connectivity index (χ1) is 11.8. The van der Waals surface area contributed by atoms with Crippen LogP contribution in [0.5, 0.6) is 0 Å². The Morgan fingerprint density at radius 2 is 1.25 bits per heavy atom. The van der Waals surface area contributed by atoms with Crippen LogP contribution in [0.1, 0.15) is 110 Å². The van der Waals surface area contributed by atoms with E-state index in [0.717, 1.165) is 25.0 Å². The topological polar surface area (TPSA) is 54.2 Å². The van der Waals surface area contributed by atoms with Crippen LogP contribution < -0.4 is 0 Å². The number of hydrogen-bond donors (Lipinski definition) is 1. The lowest BCUT2D eigenvalue weighted by molar-refractivity contribution is 0.139. The highest BCUT2D eigenvalue weighted by molar-refractivity contribution is 6.30. The molecule has 142 valence electrons. The first kappa shape index (κ1) is 22.9. The average molecular weight is 341 g/mol. The van der Waals surface area contributed by atoms with E-state index in [1.807, 2.05) is 0 Å². The molecule has 0 fully saturated rings. The van der Waals surface area contributed by atoms with Gasteiger partial charge in [-0.05, 0) is 25.7 Å². The normalized spacial score (nSPS) is 12.2. The van der Waals surface area contributed by atoms with E-state index in [2.05, 4.69) is 24.2 Å². The van der Waals surface area contributed by atoms with Crippen LogP contribution in [0.2, 0.25) is 0 Å². The molecular weight excluding hydrogens is 300 g/mol. The number of hydrogen-bond acceptors (Lipinski definition) is 4. The van der Waals surface area contributed by atoms with Gasteiger partial charge in [-0.25, -0.2) is 0 Å². The highest BCUT2D eigenvalue weighted by Gasteiger charge is 1.99. The number of oxime groups is 2. The number of nitrogens with zero attached hydrogens (tertiary/aromatic N) is 2. The van der Waals surface area contributed by atoms with E-state index < -0.39 is 0 Å². The summed E-state index contributed by atoms with van der Waals surface area (Å²) in [6.45, 7) is 5.14. The summed E-state index contributed by atoms with van der Waals surface area (Å²) in [4.78, 5) is 5.37. The Balaban J connectivity index is 3.61. The summed E-state index contributed by atoms with van der Waals surface area (Å²) >= 11 is 0. The Hall–Kier alpha value is -1.06. The average Bonchev–Trinajstić information content (AvgIpc) is 2.59. The third-order valence-electron chi connectivity index (χ3n) is 4.26. The van der Waals surface area contributed by atoms with Crippen molar-refractivity contribution in [1.29, 1.82) is 0 Å². The van der Waals surface area contributed by atoms with Crippen LogP contribution in [0.25, 0.3) is 0 Å². The quantitative estimate of drug-likeness (QED) is 0.130. The second-order valence-corrected chi connectivity index (χ2v) is 6.65. The fourth-order valence-electron chi connectivity index (χ4n) is 2.72. The first-order valence-corrected chi connectivity index (χ1v) is 10.2. The molecule has 0 aliphatic rings. The molecule has 0 amide bonds. The number of unbranched alkanes of at least 4 members (excludes halogenated alkanes) is 12. The second-order valence-electron chi connectivity index (χ2n) is 6.65. The van der Waals surface area contributed by atoms with Crippen LogP contribution in [0, 0.1) is 0 Å². The van der Waals surface area contributed by atoms with Crippen molar-refractivity contribution in [3.05, 3.63) is 0 Å². The molecule has 0 atom stereocenters. The molecule has 0 aliphatic heterocycles. The molecule has 0 aromatic heterocycles. The molecule has 0 radical (unpaired) electrons. The summed E-state index contributed by atoms with van der Waals surface area (Å²) in [5.41, 5.74) is 0.744. The molecule has 0 heterocycles. The highest BCUT2D eigenvalue weighted by Crippen LogP contribution is 2.09. The first-order valence-electron chi connectivity index (χ1n) is 10.2. The summed E-state index contributed by atoms with van der Waals surface area (Å²) in [5, 5.41) is 15.9. The molecule has 4 nitrogen and oxygen atoms in total. The maximum atomic E-state index is 8.71. The number of rotatable bonds is 18. The van der Waals surface area contributed by atoms with Crippen LogP contribution in [-0.2, 0) is 4.84 Å². The van der Waals surface area contributed by atoms with Crippen molar-refractivity contribution in [1.82, 2.24) is 0 Å². The van der Waals surface area contributed by atoms with Gasteiger partial charge in [0.15, 0.2) is 0 Å². The Morgan fingerprint density at radius 1 is 0.750 bits per heavy atom. The van der Waals surface area contributed by atoms with Gasteiger partial charge in [-0.3, -0.25) is 0 Å². The molecule has 0 unspecified atom stereocenters. The van der Waals surface area contributed by atoms with Gasteiger partial charge in [0.2, 0.25) is 0 Å². The third kappa shape index (κ3) is 17.3. The van der Waals surface area contributed by atoms with Gasteiger partial charge in [0.05, 0.1) is 6.21 Å². The fraction of sp³-hybridized carbons (Fsp3) is 0.900. The molecule has 0 saturated carbocycles. The van der Waals surface area contributed by atoms with E-state index >= 15 is 0 Å². The smallest absolute Gasteiger partial charge is 0.117 e. The van der Waals surface area contributed by atoms with Crippen LogP contribution >= 0.6 is 0 Å². The van der Waals surface area contributed by atoms with E-state index in [0.29, 0.717) is 6.61 Å². The van der Waals surface area contributed by atoms with Crippen LogP contribution in [0.3, 0.4) is 0 Å². The predicted molar refractivity (Wildman–Crippen MR) is 104 cm³/mol. The largest absolute Gasteiger partial charge is 0.411 e. The standard InChI is InChI=1S/C20H40N2O2/c1-3-5-7-9-11-13-15-17-20(19-21-23)22-24-18-16-14-12-10-8-6-4-2/h19,23H,3-18H2,1-2H3. The minimum atomic E-state index is 0.660. The van der Waals surface area contributed by atoms with Gasteiger partial charge in [-0.1, -0.05) is 94.8 Å². The summed E-state index contributed by atoms with van der Waals surface area (Å²) in [5.74, 6) is 0. The lowest BCUT2D eigenvalue weighted by Crippen LogP contribution is -2.02. The van der Waals surface area contributed by atoms with Gasteiger partial charge in [0.25, 0.3) is 0 Å². The van der Waals surface area contributed by atoms with Crippen molar-refractivity contribution in [3.8, 4) is 0 Å². The van der Waals surface area contributed by atoms with Gasteiger partial charge < -0.3 is 10.0 Å². The Labute approximate surface area is 149 Å². The summed E-state index contributed by atoms with van der Waals surface area (Å²) in [7, 11) is 0. The van der Waals surface area contributed by atoms with Crippen LogP contribution in [0.4, 0.5) is 0 Å². The molecule has 4 heteroatoms. The van der Waals surface area contributed by atoms with E-state index in [1.165, 1.54) is 83.3 Å². The van der Waals surface area contributed by atoms with Crippen molar-refractivity contribution in [2.75, 3.05) is 6.61 Å². The zero-order valence-corrected chi connectivity index (χ0v) is 16.1. The molecule has 0 aromatic carbocycles. The molecule has 0 saturated heterocycles. The van der Waals surface area contributed by atoms with Crippen molar-refractivity contribution < 1.29 is 10.0 Å². The van der Waals surface area contributed by atoms with Gasteiger partial charge in [0, 0.05) is 0 Å². The highest BCUT2D eigenvalue weighted by atomic mass is 16.6. The Kier molecular flexibility index (Phi) is 19.1. The molecular formula is C20H40N2O2. The summed E-state index contributed by atoms with van der Waals surface area (Å²) in [6.07, 6.45) is 20.0. The Bertz CT molecular complexity index is 304. The van der Waals surface area contributed by atoms with E-state index in [-0.39, 0.29) is 0 Å². The molecule has 0 aliphatic carbocycles. The summed E-state index contributed by atoms with van der Waals surface area (Å²) < 4.78 is 0. The van der Waals surface area contributed by atoms with Gasteiger partial charge in [-0.2, -0.15) is 0 Å². The second kappa shape index (κ2) is 20.0. The molecule has 24 heavy (non-hydrogen) atoms. The SMILES string of the molecule is CCCCCCCCCON=C(C=NO)CCCCCCCCC. The van der Waals surface area contributed by atoms with Crippen molar-refractivity contribution in [3.63, 3.8) is 0 Å². The molecule has 0 spiro atoms. The molecule has 0 rings (SSSR count). The third-order valence-corrected chi connectivity index (χ3v) is 4.26. The lowest BCUT2D eigenvalue weighted by Gasteiger charge is -2.04. The van der Waals surface area contributed by atoms with Crippen LogP contribution in [-0.4, -0.2) is 23.7 Å². The zero-order chi connectivity index (χ0) is 17.7. The van der Waals surface area contributed by atoms with E-state index in [1.54, 1.807) is 0 Å². The lowest BCUT2D eigenvalue weighted by atomic mass is 10.1. The molecule has 1 N–H and O–H groups in total. The summed E-state index contributed by atoms with van der Waals surface area (Å²) in [6, 6.07) is 0. The van der Waals surface area contributed by atoms with Gasteiger partial charge in [0.1, 0.15) is 12.3 Å². The van der Waals surface area contributed by atoms with Crippen molar-refractivity contribution in [2.24, 2.45) is 10.3 Å². The van der Waals surface area contributed by atoms with Gasteiger partial charge >= 0.3 is 0 Å². The monoisotopic (exact) mass is 340 g/mol. The Morgan fingerprint density at radius 3 is 1.79 bits per heavy atom. The molecule has 0 aromatic rings. The van der Waals surface area contributed by atoms with Crippen LogP contribution in [0.15, 0.2) is 10.3 Å². The maximum Gasteiger partial charge on any atom is 0.117 e. The van der Waals surface area contributed by atoms with Crippen molar-refractivity contribution in [2.45, 2.75) is 110 Å².